The Morgan fingerprint density at radius 2 is 1.65 bits per heavy atom. The highest BCUT2D eigenvalue weighted by Gasteiger charge is 2.89. The number of hydrogen-bond acceptors (Lipinski definition) is 3. The molecular weight excluding hydrogens is 494 g/mol. The highest BCUT2D eigenvalue weighted by Crippen LogP contribution is 2.84. The molecule has 0 radical (unpaired) electrons. The number of benzene rings is 1. The summed E-state index contributed by atoms with van der Waals surface area (Å²) in [5.41, 5.74) is 1.02. The van der Waals surface area contributed by atoms with Crippen LogP contribution in [0.25, 0.3) is 0 Å². The predicted molar refractivity (Wildman–Crippen MR) is 163 cm³/mol. The molecule has 4 aliphatic rings. The van der Waals surface area contributed by atoms with E-state index in [1.165, 1.54) is 38.5 Å². The molecule has 9 atom stereocenters. The Balaban J connectivity index is 1.34. The van der Waals surface area contributed by atoms with Crippen molar-refractivity contribution in [1.29, 1.82) is 0 Å². The normalized spacial score (nSPS) is 41.5. The molecule has 1 heterocycles. The van der Waals surface area contributed by atoms with E-state index >= 15 is 0 Å². The lowest BCUT2D eigenvalue weighted by Gasteiger charge is -2.60. The van der Waals surface area contributed by atoms with Gasteiger partial charge in [-0.1, -0.05) is 91.1 Å². The topological polar surface area (TPSA) is 61.9 Å². The molecule has 224 valence electrons. The van der Waals surface area contributed by atoms with Gasteiger partial charge in [0, 0.05) is 23.8 Å². The number of hydrogen-bond donors (Lipinski definition) is 2. The van der Waals surface area contributed by atoms with E-state index in [4.69, 9.17) is 4.74 Å². The van der Waals surface area contributed by atoms with Crippen LogP contribution in [0.15, 0.2) is 30.3 Å². The van der Waals surface area contributed by atoms with Gasteiger partial charge in [-0.05, 0) is 86.5 Å². The quantitative estimate of drug-likeness (QED) is 0.273. The molecule has 4 heteroatoms. The lowest BCUT2D eigenvalue weighted by atomic mass is 9.41. The summed E-state index contributed by atoms with van der Waals surface area (Å²) in [4.78, 5) is 13.1. The summed E-state index contributed by atoms with van der Waals surface area (Å²) in [6.45, 7) is 17.3. The number of rotatable bonds is 11. The summed E-state index contributed by atoms with van der Waals surface area (Å²) >= 11 is 0. The van der Waals surface area contributed by atoms with Gasteiger partial charge >= 0.3 is 0 Å². The molecule has 1 saturated heterocycles. The van der Waals surface area contributed by atoms with Crippen LogP contribution < -0.4 is 5.32 Å². The number of carbonyl (C=O) groups excluding carboxylic acids is 1. The van der Waals surface area contributed by atoms with Gasteiger partial charge in [-0.3, -0.25) is 4.79 Å². The first kappa shape index (κ1) is 30.1. The lowest BCUT2D eigenvalue weighted by molar-refractivity contribution is -0.126. The lowest BCUT2D eigenvalue weighted by Crippen LogP contribution is -2.63. The largest absolute Gasteiger partial charge is 0.393 e. The molecule has 0 bridgehead atoms. The Bertz CT molecular complexity index is 1060. The van der Waals surface area contributed by atoms with Crippen LogP contribution in [-0.2, 0) is 16.1 Å². The van der Waals surface area contributed by atoms with Gasteiger partial charge < -0.3 is 15.2 Å². The van der Waals surface area contributed by atoms with Crippen molar-refractivity contribution in [2.75, 3.05) is 0 Å². The van der Waals surface area contributed by atoms with Crippen molar-refractivity contribution in [3.8, 4) is 0 Å². The maximum Gasteiger partial charge on any atom is 0.220 e. The summed E-state index contributed by atoms with van der Waals surface area (Å²) in [5.74, 6) is 2.55. The SMILES string of the molecule is CC(C)CCC[C@@H](C)[C@H]1CC[C@@]2(C)[C@@]34CC[C@@H]([C@H](C)O)[C@](C)(CCC(=O)NCc5ccccc5)[C@]3(CC[C@]12C)O4. The number of ether oxygens (including phenoxy) is 1. The third kappa shape index (κ3) is 4.41. The first-order valence-electron chi connectivity index (χ1n) is 16.5. The van der Waals surface area contributed by atoms with Crippen LogP contribution in [-0.4, -0.2) is 28.3 Å². The molecule has 40 heavy (non-hydrogen) atoms. The van der Waals surface area contributed by atoms with Gasteiger partial charge in [-0.15, -0.1) is 0 Å². The fourth-order valence-electron chi connectivity index (χ4n) is 10.9. The summed E-state index contributed by atoms with van der Waals surface area (Å²) in [5, 5.41) is 14.2. The molecule has 0 spiro atoms. The minimum atomic E-state index is -0.396. The van der Waals surface area contributed by atoms with E-state index < -0.39 is 6.10 Å². The Morgan fingerprint density at radius 1 is 0.950 bits per heavy atom. The van der Waals surface area contributed by atoms with Crippen molar-refractivity contribution in [1.82, 2.24) is 5.32 Å². The number of epoxide rings is 1. The number of aliphatic hydroxyl groups excluding tert-OH is 1. The summed E-state index contributed by atoms with van der Waals surface area (Å²) in [6, 6.07) is 10.1. The van der Waals surface area contributed by atoms with Crippen molar-refractivity contribution in [3.05, 3.63) is 35.9 Å². The van der Waals surface area contributed by atoms with E-state index in [0.29, 0.717) is 13.0 Å². The molecule has 0 unspecified atom stereocenters. The number of aliphatic hydroxyl groups is 1. The van der Waals surface area contributed by atoms with Gasteiger partial charge in [0.15, 0.2) is 0 Å². The zero-order chi connectivity index (χ0) is 29.0. The number of amides is 1. The minimum absolute atomic E-state index is 0.102. The average Bonchev–Trinajstić information content (AvgIpc) is 3.55. The first-order chi connectivity index (χ1) is 18.9. The zero-order valence-electron chi connectivity index (χ0n) is 26.5. The predicted octanol–water partition coefficient (Wildman–Crippen LogP) is 8.07. The first-order valence-corrected chi connectivity index (χ1v) is 16.5. The maximum absolute atomic E-state index is 13.1. The van der Waals surface area contributed by atoms with Crippen LogP contribution in [0.2, 0.25) is 0 Å². The molecule has 2 N–H and O–H groups in total. The van der Waals surface area contributed by atoms with E-state index in [1.807, 2.05) is 25.1 Å². The van der Waals surface area contributed by atoms with Crippen LogP contribution in [0.3, 0.4) is 0 Å². The van der Waals surface area contributed by atoms with E-state index in [-0.39, 0.29) is 39.3 Å². The van der Waals surface area contributed by atoms with Crippen molar-refractivity contribution >= 4 is 5.91 Å². The average molecular weight is 552 g/mol. The van der Waals surface area contributed by atoms with Gasteiger partial charge in [0.1, 0.15) is 11.2 Å². The second-order valence-corrected chi connectivity index (χ2v) is 15.5. The molecule has 1 aromatic rings. The van der Waals surface area contributed by atoms with Crippen molar-refractivity contribution in [2.24, 2.45) is 39.9 Å². The number of nitrogens with one attached hydrogen (secondary N) is 1. The standard InChI is InChI=1S/C36H57NO3/c1-25(2)12-11-13-26(3)29-16-20-34(7)32(29,5)22-23-35-33(6,30(27(4)38)17-21-36(34,35)40-35)19-18-31(39)37-24-28-14-9-8-10-15-28/h8-10,14-15,25-27,29-30,38H,11-13,16-24H2,1-7H3,(H,37,39)/t26-,27+,29-,30+,32-,33+,34-,35+,36+/m1/s1. The van der Waals surface area contributed by atoms with Gasteiger partial charge in [-0.25, -0.2) is 0 Å². The highest BCUT2D eigenvalue weighted by molar-refractivity contribution is 5.76. The van der Waals surface area contributed by atoms with Crippen LogP contribution >= 0.6 is 0 Å². The van der Waals surface area contributed by atoms with Crippen LogP contribution in [0.1, 0.15) is 125 Å². The minimum Gasteiger partial charge on any atom is -0.393 e. The smallest absolute Gasteiger partial charge is 0.220 e. The van der Waals surface area contributed by atoms with Crippen molar-refractivity contribution < 1.29 is 14.6 Å². The van der Waals surface area contributed by atoms with Gasteiger partial charge in [0.05, 0.1) is 6.10 Å². The van der Waals surface area contributed by atoms with Crippen molar-refractivity contribution in [3.63, 3.8) is 0 Å². The van der Waals surface area contributed by atoms with E-state index in [2.05, 4.69) is 59.0 Å². The maximum atomic E-state index is 13.1. The fourth-order valence-corrected chi connectivity index (χ4v) is 10.9. The summed E-state index contributed by atoms with van der Waals surface area (Å²) in [7, 11) is 0. The molecular formula is C36H57NO3. The molecule has 1 aliphatic heterocycles. The molecule has 4 fully saturated rings. The van der Waals surface area contributed by atoms with Crippen LogP contribution in [0.5, 0.6) is 0 Å². The third-order valence-corrected chi connectivity index (χ3v) is 13.3. The Morgan fingerprint density at radius 3 is 2.33 bits per heavy atom. The third-order valence-electron chi connectivity index (χ3n) is 13.3. The second-order valence-electron chi connectivity index (χ2n) is 15.5. The van der Waals surface area contributed by atoms with Gasteiger partial charge in [-0.2, -0.15) is 0 Å². The Labute approximate surface area is 244 Å². The molecule has 5 rings (SSSR count). The number of carbonyl (C=O) groups is 1. The molecule has 4 nitrogen and oxygen atoms in total. The van der Waals surface area contributed by atoms with E-state index in [9.17, 15) is 9.90 Å². The molecule has 1 amide bonds. The fraction of sp³-hybridized carbons (Fsp3) is 0.806. The summed E-state index contributed by atoms with van der Waals surface area (Å²) < 4.78 is 7.25. The van der Waals surface area contributed by atoms with Crippen molar-refractivity contribution in [2.45, 2.75) is 143 Å². The van der Waals surface area contributed by atoms with Gasteiger partial charge in [0.2, 0.25) is 5.91 Å². The zero-order valence-corrected chi connectivity index (χ0v) is 26.5. The number of fused-ring (bicyclic) bond motifs is 1. The molecule has 1 aromatic carbocycles. The Hall–Kier alpha value is -1.39. The second kappa shape index (κ2) is 10.7. The molecule has 3 saturated carbocycles. The monoisotopic (exact) mass is 551 g/mol. The highest BCUT2D eigenvalue weighted by atomic mass is 16.6. The van der Waals surface area contributed by atoms with E-state index in [0.717, 1.165) is 49.0 Å². The van der Waals surface area contributed by atoms with Gasteiger partial charge in [0.25, 0.3) is 0 Å². The van der Waals surface area contributed by atoms with Crippen LogP contribution in [0, 0.1) is 39.9 Å². The molecule has 0 aromatic heterocycles. The Kier molecular flexibility index (Phi) is 8.05. The van der Waals surface area contributed by atoms with E-state index in [1.54, 1.807) is 0 Å². The molecule has 3 aliphatic carbocycles. The van der Waals surface area contributed by atoms with Crippen LogP contribution in [0.4, 0.5) is 0 Å². The summed E-state index contributed by atoms with van der Waals surface area (Å²) in [6.07, 6.45) is 11.7.